The number of nitrogens with zero attached hydrogens (tertiary/aromatic N) is 6. The summed E-state index contributed by atoms with van der Waals surface area (Å²) in [6.07, 6.45) is 12.5. The lowest BCUT2D eigenvalue weighted by atomic mass is 10.1. The van der Waals surface area contributed by atoms with Crippen molar-refractivity contribution in [2.45, 2.75) is 44.1 Å². The van der Waals surface area contributed by atoms with E-state index in [2.05, 4.69) is 35.5 Å². The fourth-order valence-corrected chi connectivity index (χ4v) is 4.82. The number of piperidine rings is 1. The molecule has 2 aliphatic heterocycles. The third-order valence-electron chi connectivity index (χ3n) is 5.68. The predicted molar refractivity (Wildman–Crippen MR) is 121 cm³/mol. The molecule has 2 fully saturated rings. The lowest BCUT2D eigenvalue weighted by Gasteiger charge is -2.27. The van der Waals surface area contributed by atoms with Crippen LogP contribution in [-0.2, 0) is 0 Å². The highest BCUT2D eigenvalue weighted by atomic mass is 32.2. The number of amides is 1. The van der Waals surface area contributed by atoms with Gasteiger partial charge < -0.3 is 10.2 Å². The Labute approximate surface area is 185 Å². The second-order valence-electron chi connectivity index (χ2n) is 8.23. The van der Waals surface area contributed by atoms with Gasteiger partial charge in [-0.05, 0) is 38.8 Å². The summed E-state index contributed by atoms with van der Waals surface area (Å²) in [5, 5.41) is 6.74. The predicted octanol–water partition coefficient (Wildman–Crippen LogP) is 2.57. The van der Waals surface area contributed by atoms with Gasteiger partial charge in [-0.25, -0.2) is 19.9 Å². The molecule has 1 amide bonds. The monoisotopic (exact) mass is 438 g/mol. The summed E-state index contributed by atoms with van der Waals surface area (Å²) in [6.45, 7) is 3.27. The average molecular weight is 439 g/mol. The van der Waals surface area contributed by atoms with E-state index in [0.717, 1.165) is 43.9 Å². The number of hydrogen-bond donors (Lipinski definition) is 2. The SMILES string of the molecule is O=C(NC1=NC(CN2CCCCC2)CS1)c1nc(C2CC2)cnc1Nc1cncnc1. The van der Waals surface area contributed by atoms with Crippen molar-refractivity contribution < 1.29 is 4.79 Å². The van der Waals surface area contributed by atoms with Crippen LogP contribution in [0.4, 0.5) is 11.5 Å². The molecule has 3 aliphatic rings. The van der Waals surface area contributed by atoms with E-state index in [-0.39, 0.29) is 17.6 Å². The highest BCUT2D eigenvalue weighted by molar-refractivity contribution is 8.14. The summed E-state index contributed by atoms with van der Waals surface area (Å²) >= 11 is 1.60. The van der Waals surface area contributed by atoms with Crippen LogP contribution in [0.5, 0.6) is 0 Å². The van der Waals surface area contributed by atoms with Gasteiger partial charge in [0, 0.05) is 18.2 Å². The van der Waals surface area contributed by atoms with Gasteiger partial charge in [0.25, 0.3) is 5.91 Å². The van der Waals surface area contributed by atoms with E-state index >= 15 is 0 Å². The van der Waals surface area contributed by atoms with E-state index in [1.807, 2.05) is 0 Å². The van der Waals surface area contributed by atoms with Crippen LogP contribution in [0.15, 0.2) is 29.9 Å². The maximum atomic E-state index is 13.1. The van der Waals surface area contributed by atoms with Gasteiger partial charge >= 0.3 is 0 Å². The van der Waals surface area contributed by atoms with E-state index < -0.39 is 0 Å². The Morgan fingerprint density at radius 2 is 1.94 bits per heavy atom. The molecule has 10 heteroatoms. The molecule has 162 valence electrons. The first-order valence-corrected chi connectivity index (χ1v) is 11.9. The second-order valence-corrected chi connectivity index (χ2v) is 9.24. The first-order chi connectivity index (χ1) is 15.2. The Hall–Kier alpha value is -2.59. The lowest BCUT2D eigenvalue weighted by Crippen LogP contribution is -2.36. The number of aromatic nitrogens is 4. The number of likely N-dealkylation sites (tertiary alicyclic amines) is 1. The van der Waals surface area contributed by atoms with Gasteiger partial charge in [-0.15, -0.1) is 0 Å². The molecule has 0 radical (unpaired) electrons. The molecule has 9 nitrogen and oxygen atoms in total. The minimum atomic E-state index is -0.292. The first-order valence-electron chi connectivity index (χ1n) is 10.9. The van der Waals surface area contributed by atoms with Crippen LogP contribution in [0.2, 0.25) is 0 Å². The molecule has 0 bridgehead atoms. The van der Waals surface area contributed by atoms with Crippen molar-refractivity contribution in [3.05, 3.63) is 36.3 Å². The molecule has 5 rings (SSSR count). The average Bonchev–Trinajstić information content (AvgIpc) is 3.56. The molecule has 1 saturated heterocycles. The van der Waals surface area contributed by atoms with Crippen LogP contribution in [0.1, 0.15) is 54.2 Å². The molecule has 0 spiro atoms. The molecule has 1 atom stereocenters. The number of anilines is 2. The minimum absolute atomic E-state index is 0.223. The van der Waals surface area contributed by atoms with Crippen molar-refractivity contribution in [3.63, 3.8) is 0 Å². The third-order valence-corrected chi connectivity index (χ3v) is 6.71. The van der Waals surface area contributed by atoms with Crippen LogP contribution < -0.4 is 10.6 Å². The molecule has 2 aromatic heterocycles. The molecular weight excluding hydrogens is 412 g/mol. The number of carbonyl (C=O) groups is 1. The Balaban J connectivity index is 1.29. The molecule has 0 aromatic carbocycles. The summed E-state index contributed by atoms with van der Waals surface area (Å²) < 4.78 is 0. The van der Waals surface area contributed by atoms with Gasteiger partial charge in [0.1, 0.15) is 6.33 Å². The smallest absolute Gasteiger partial charge is 0.279 e. The molecule has 2 aromatic rings. The number of carbonyl (C=O) groups excluding carboxylic acids is 1. The molecular formula is C21H26N8OS. The van der Waals surface area contributed by atoms with E-state index in [0.29, 0.717) is 22.6 Å². The van der Waals surface area contributed by atoms with Crippen molar-refractivity contribution in [1.29, 1.82) is 0 Å². The zero-order valence-corrected chi connectivity index (χ0v) is 18.1. The third kappa shape index (κ3) is 5.19. The van der Waals surface area contributed by atoms with Crippen LogP contribution in [0, 0.1) is 0 Å². The summed E-state index contributed by atoms with van der Waals surface area (Å²) in [6, 6.07) is 0.223. The van der Waals surface area contributed by atoms with Crippen molar-refractivity contribution in [2.24, 2.45) is 4.99 Å². The highest BCUT2D eigenvalue weighted by Crippen LogP contribution is 2.39. The Morgan fingerprint density at radius 1 is 1.13 bits per heavy atom. The number of thioether (sulfide) groups is 1. The second kappa shape index (κ2) is 9.27. The number of aliphatic imine (C=N–C) groups is 1. The fraction of sp³-hybridized carbons (Fsp3) is 0.524. The van der Waals surface area contributed by atoms with E-state index in [4.69, 9.17) is 4.99 Å². The number of amidine groups is 1. The maximum Gasteiger partial charge on any atom is 0.279 e. The van der Waals surface area contributed by atoms with Crippen molar-refractivity contribution in [2.75, 3.05) is 30.7 Å². The van der Waals surface area contributed by atoms with Crippen LogP contribution in [0.3, 0.4) is 0 Å². The minimum Gasteiger partial charge on any atom is -0.336 e. The lowest BCUT2D eigenvalue weighted by molar-refractivity contribution is 0.0973. The van der Waals surface area contributed by atoms with Gasteiger partial charge in [-0.1, -0.05) is 18.2 Å². The van der Waals surface area contributed by atoms with E-state index in [1.54, 1.807) is 30.4 Å². The number of hydrogen-bond acceptors (Lipinski definition) is 9. The number of nitrogens with one attached hydrogen (secondary N) is 2. The van der Waals surface area contributed by atoms with E-state index in [1.165, 1.54) is 25.6 Å². The molecule has 2 N–H and O–H groups in total. The summed E-state index contributed by atoms with van der Waals surface area (Å²) in [4.78, 5) is 37.5. The van der Waals surface area contributed by atoms with Crippen LogP contribution >= 0.6 is 11.8 Å². The van der Waals surface area contributed by atoms with Gasteiger partial charge in [0.2, 0.25) is 0 Å². The van der Waals surface area contributed by atoms with E-state index in [9.17, 15) is 4.79 Å². The fourth-order valence-electron chi connectivity index (χ4n) is 3.90. The topological polar surface area (TPSA) is 108 Å². The Kier molecular flexibility index (Phi) is 6.08. The van der Waals surface area contributed by atoms with Gasteiger partial charge in [0.05, 0.1) is 36.0 Å². The summed E-state index contributed by atoms with van der Waals surface area (Å²) in [5.74, 6) is 1.40. The standard InChI is InChI=1S/C21H26N8OS/c30-20(28-21-26-16(12-31-21)11-29-6-2-1-3-7-29)18-19(25-15-8-22-13-23-9-15)24-10-17(27-18)14-4-5-14/h8-10,13-14,16H,1-7,11-12H2,(H,24,25)(H,26,28,30). The quantitative estimate of drug-likeness (QED) is 0.708. The maximum absolute atomic E-state index is 13.1. The largest absolute Gasteiger partial charge is 0.336 e. The van der Waals surface area contributed by atoms with Gasteiger partial charge in [-0.3, -0.25) is 15.1 Å². The highest BCUT2D eigenvalue weighted by Gasteiger charge is 2.29. The molecule has 4 heterocycles. The normalized spacial score (nSPS) is 21.5. The summed E-state index contributed by atoms with van der Waals surface area (Å²) in [5.41, 5.74) is 1.79. The van der Waals surface area contributed by atoms with Crippen molar-refractivity contribution in [3.8, 4) is 0 Å². The Bertz CT molecular complexity index is 959. The molecule has 1 unspecified atom stereocenters. The zero-order valence-electron chi connectivity index (χ0n) is 17.3. The van der Waals surface area contributed by atoms with Crippen molar-refractivity contribution in [1.82, 2.24) is 30.2 Å². The number of rotatable bonds is 6. The zero-order chi connectivity index (χ0) is 21.0. The van der Waals surface area contributed by atoms with Crippen LogP contribution in [0.25, 0.3) is 0 Å². The van der Waals surface area contributed by atoms with Gasteiger partial charge in [-0.2, -0.15) is 0 Å². The van der Waals surface area contributed by atoms with Crippen LogP contribution in [-0.4, -0.2) is 67.3 Å². The van der Waals surface area contributed by atoms with Gasteiger partial charge in [0.15, 0.2) is 16.7 Å². The van der Waals surface area contributed by atoms with Crippen molar-refractivity contribution >= 4 is 34.3 Å². The first kappa shape index (κ1) is 20.3. The summed E-state index contributed by atoms with van der Waals surface area (Å²) in [7, 11) is 0. The Morgan fingerprint density at radius 3 is 2.71 bits per heavy atom. The molecule has 1 saturated carbocycles. The molecule has 1 aliphatic carbocycles. The molecule has 31 heavy (non-hydrogen) atoms.